The Kier molecular flexibility index (Phi) is 3.59. The molecule has 0 radical (unpaired) electrons. The number of carboxylic acids is 1. The molecule has 19 heavy (non-hydrogen) atoms. The number of anilines is 2. The average molecular weight is 263 g/mol. The fourth-order valence-corrected chi connectivity index (χ4v) is 1.85. The predicted octanol–water partition coefficient (Wildman–Crippen LogP) is 0.682. The maximum absolute atomic E-state index is 11.7. The van der Waals surface area contributed by atoms with E-state index in [1.54, 1.807) is 18.0 Å². The molecule has 0 spiro atoms. The largest absolute Gasteiger partial charge is 0.478 e. The number of nitrogens with one attached hydrogen (secondary N) is 1. The Morgan fingerprint density at radius 1 is 1.47 bits per heavy atom. The van der Waals surface area contributed by atoms with Gasteiger partial charge >= 0.3 is 5.97 Å². The maximum Gasteiger partial charge on any atom is 0.337 e. The zero-order valence-corrected chi connectivity index (χ0v) is 10.7. The van der Waals surface area contributed by atoms with Gasteiger partial charge in [-0.25, -0.2) is 4.79 Å². The summed E-state index contributed by atoms with van der Waals surface area (Å²) in [5, 5.41) is 12.0. The summed E-state index contributed by atoms with van der Waals surface area (Å²) >= 11 is 0. The van der Waals surface area contributed by atoms with Gasteiger partial charge in [0.1, 0.15) is 0 Å². The van der Waals surface area contributed by atoms with Crippen molar-refractivity contribution in [1.82, 2.24) is 5.32 Å². The zero-order valence-electron chi connectivity index (χ0n) is 10.7. The lowest BCUT2D eigenvalue weighted by Crippen LogP contribution is -2.36. The smallest absolute Gasteiger partial charge is 0.337 e. The van der Waals surface area contributed by atoms with Gasteiger partial charge in [-0.3, -0.25) is 4.79 Å². The van der Waals surface area contributed by atoms with Gasteiger partial charge in [-0.15, -0.1) is 0 Å². The second-order valence-electron chi connectivity index (χ2n) is 4.78. The zero-order chi connectivity index (χ0) is 14.0. The van der Waals surface area contributed by atoms with E-state index in [9.17, 15) is 9.59 Å². The highest BCUT2D eigenvalue weighted by Crippen LogP contribution is 2.23. The number of nitrogens with two attached hydrogens (primary N) is 1. The van der Waals surface area contributed by atoms with Crippen LogP contribution in [-0.2, 0) is 4.79 Å². The number of rotatable bonds is 5. The molecule has 1 aliphatic carbocycles. The van der Waals surface area contributed by atoms with Crippen LogP contribution < -0.4 is 16.0 Å². The minimum atomic E-state index is -1.04. The van der Waals surface area contributed by atoms with Crippen LogP contribution >= 0.6 is 0 Å². The summed E-state index contributed by atoms with van der Waals surface area (Å²) in [6.45, 7) is 0.111. The number of nitrogens with zero attached hydrogens (tertiary/aromatic N) is 1. The maximum atomic E-state index is 11.7. The van der Waals surface area contributed by atoms with Crippen LogP contribution in [0.1, 0.15) is 23.2 Å². The molecule has 0 saturated heterocycles. The van der Waals surface area contributed by atoms with E-state index in [-0.39, 0.29) is 18.0 Å². The minimum Gasteiger partial charge on any atom is -0.478 e. The molecule has 0 atom stereocenters. The molecule has 1 fully saturated rings. The van der Waals surface area contributed by atoms with Crippen molar-refractivity contribution in [2.45, 2.75) is 18.9 Å². The summed E-state index contributed by atoms with van der Waals surface area (Å²) in [4.78, 5) is 24.4. The third kappa shape index (κ3) is 3.37. The molecule has 4 N–H and O–H groups in total. The van der Waals surface area contributed by atoms with Crippen molar-refractivity contribution in [2.75, 3.05) is 24.2 Å². The summed E-state index contributed by atoms with van der Waals surface area (Å²) in [6.07, 6.45) is 2.04. The van der Waals surface area contributed by atoms with Gasteiger partial charge < -0.3 is 21.1 Å². The number of hydrogen-bond acceptors (Lipinski definition) is 4. The lowest BCUT2D eigenvalue weighted by molar-refractivity contribution is -0.119. The van der Waals surface area contributed by atoms with Gasteiger partial charge in [0.05, 0.1) is 17.8 Å². The van der Waals surface area contributed by atoms with Crippen LogP contribution in [0.4, 0.5) is 11.4 Å². The molecular formula is C13H17N3O3. The molecule has 6 heteroatoms. The first-order valence-corrected chi connectivity index (χ1v) is 6.10. The van der Waals surface area contributed by atoms with Crippen molar-refractivity contribution in [3.05, 3.63) is 23.8 Å². The second kappa shape index (κ2) is 5.17. The summed E-state index contributed by atoms with van der Waals surface area (Å²) < 4.78 is 0. The van der Waals surface area contributed by atoms with Crippen LogP contribution in [0.15, 0.2) is 18.2 Å². The van der Waals surface area contributed by atoms with Crippen LogP contribution in [0.25, 0.3) is 0 Å². The molecule has 0 bridgehead atoms. The van der Waals surface area contributed by atoms with Gasteiger partial charge in [-0.05, 0) is 31.0 Å². The highest BCUT2D eigenvalue weighted by Gasteiger charge is 2.24. The summed E-state index contributed by atoms with van der Waals surface area (Å²) in [5.74, 6) is -1.15. The summed E-state index contributed by atoms with van der Waals surface area (Å²) in [5.41, 5.74) is 6.71. The average Bonchev–Trinajstić information content (AvgIpc) is 3.12. The Morgan fingerprint density at radius 2 is 2.16 bits per heavy atom. The number of aromatic carboxylic acids is 1. The standard InChI is InChI=1S/C13H17N3O3/c1-16(7-12(17)15-9-3-4-9)11-6-8(14)2-5-10(11)13(18)19/h2,5-6,9H,3-4,7,14H2,1H3,(H,15,17)(H,18,19). The van der Waals surface area contributed by atoms with Crippen molar-refractivity contribution in [2.24, 2.45) is 0 Å². The molecule has 2 rings (SSSR count). The number of carboxylic acid groups (broad SMARTS) is 1. The highest BCUT2D eigenvalue weighted by atomic mass is 16.4. The molecule has 0 aromatic heterocycles. The minimum absolute atomic E-state index is 0.108. The Morgan fingerprint density at radius 3 is 2.74 bits per heavy atom. The highest BCUT2D eigenvalue weighted by molar-refractivity contribution is 5.96. The van der Waals surface area contributed by atoms with Crippen molar-refractivity contribution in [3.63, 3.8) is 0 Å². The van der Waals surface area contributed by atoms with Crippen LogP contribution in [0.2, 0.25) is 0 Å². The van der Waals surface area contributed by atoms with Crippen LogP contribution in [0.5, 0.6) is 0 Å². The molecule has 1 saturated carbocycles. The lowest BCUT2D eigenvalue weighted by atomic mass is 10.1. The first kappa shape index (κ1) is 13.2. The van der Waals surface area contributed by atoms with E-state index in [0.717, 1.165) is 12.8 Å². The first-order valence-electron chi connectivity index (χ1n) is 6.10. The van der Waals surface area contributed by atoms with Gasteiger partial charge in [0.15, 0.2) is 0 Å². The molecule has 1 aromatic rings. The Hall–Kier alpha value is -2.24. The molecule has 0 heterocycles. The normalized spacial score (nSPS) is 13.9. The van der Waals surface area contributed by atoms with Gasteiger partial charge in [0.25, 0.3) is 0 Å². The van der Waals surface area contributed by atoms with E-state index in [1.165, 1.54) is 12.1 Å². The Balaban J connectivity index is 2.12. The van der Waals surface area contributed by atoms with Crippen molar-refractivity contribution >= 4 is 23.3 Å². The van der Waals surface area contributed by atoms with E-state index in [1.807, 2.05) is 0 Å². The number of amides is 1. The van der Waals surface area contributed by atoms with Gasteiger partial charge in [0.2, 0.25) is 5.91 Å². The fraction of sp³-hybridized carbons (Fsp3) is 0.385. The van der Waals surface area contributed by atoms with E-state index < -0.39 is 5.97 Å². The fourth-order valence-electron chi connectivity index (χ4n) is 1.85. The Bertz CT molecular complexity index is 512. The number of benzene rings is 1. The lowest BCUT2D eigenvalue weighted by Gasteiger charge is -2.21. The van der Waals surface area contributed by atoms with Crippen molar-refractivity contribution in [3.8, 4) is 0 Å². The third-order valence-corrected chi connectivity index (χ3v) is 2.99. The number of carbonyl (C=O) groups is 2. The number of carbonyl (C=O) groups excluding carboxylic acids is 1. The van der Waals surface area contributed by atoms with Crippen molar-refractivity contribution < 1.29 is 14.7 Å². The van der Waals surface area contributed by atoms with Gasteiger partial charge in [-0.2, -0.15) is 0 Å². The number of hydrogen-bond donors (Lipinski definition) is 3. The molecule has 0 unspecified atom stereocenters. The predicted molar refractivity (Wildman–Crippen MR) is 72.2 cm³/mol. The molecule has 102 valence electrons. The molecule has 1 aromatic carbocycles. The van der Waals surface area contributed by atoms with E-state index in [2.05, 4.69) is 5.32 Å². The second-order valence-corrected chi connectivity index (χ2v) is 4.78. The van der Waals surface area contributed by atoms with E-state index in [0.29, 0.717) is 17.4 Å². The number of nitrogen functional groups attached to an aromatic ring is 1. The van der Waals surface area contributed by atoms with Crippen molar-refractivity contribution in [1.29, 1.82) is 0 Å². The third-order valence-electron chi connectivity index (χ3n) is 2.99. The molecule has 1 aliphatic rings. The molecular weight excluding hydrogens is 246 g/mol. The van der Waals surface area contributed by atoms with Crippen LogP contribution in [-0.4, -0.2) is 36.6 Å². The molecule has 0 aliphatic heterocycles. The van der Waals surface area contributed by atoms with Crippen LogP contribution in [0, 0.1) is 0 Å². The summed E-state index contributed by atoms with van der Waals surface area (Å²) in [6, 6.07) is 4.84. The monoisotopic (exact) mass is 263 g/mol. The molecule has 6 nitrogen and oxygen atoms in total. The quantitative estimate of drug-likeness (QED) is 0.679. The van der Waals surface area contributed by atoms with E-state index >= 15 is 0 Å². The van der Waals surface area contributed by atoms with Gasteiger partial charge in [0, 0.05) is 18.8 Å². The van der Waals surface area contributed by atoms with E-state index in [4.69, 9.17) is 10.8 Å². The topological polar surface area (TPSA) is 95.7 Å². The number of likely N-dealkylation sites (N-methyl/N-ethyl adjacent to an activating group) is 1. The first-order chi connectivity index (χ1) is 8.97. The van der Waals surface area contributed by atoms with Gasteiger partial charge in [-0.1, -0.05) is 0 Å². The van der Waals surface area contributed by atoms with Crippen LogP contribution in [0.3, 0.4) is 0 Å². The summed E-state index contributed by atoms with van der Waals surface area (Å²) in [7, 11) is 1.67. The SMILES string of the molecule is CN(CC(=O)NC1CC1)c1cc(N)ccc1C(=O)O. The molecule has 1 amide bonds. The Labute approximate surface area is 111 Å².